The molecule has 4 rings (SSSR count). The molecule has 2 aromatic rings. The zero-order valence-corrected chi connectivity index (χ0v) is 15.9. The number of ether oxygens (including phenoxy) is 1. The Labute approximate surface area is 164 Å². The normalized spacial score (nSPS) is 19.2. The molecule has 1 aromatic carbocycles. The van der Waals surface area contributed by atoms with Crippen molar-refractivity contribution in [3.8, 4) is 6.07 Å². The number of hydrogen-bond acceptors (Lipinski definition) is 6. The van der Waals surface area contributed by atoms with Gasteiger partial charge in [-0.05, 0) is 25.0 Å². The van der Waals surface area contributed by atoms with Gasteiger partial charge in [0.05, 0.1) is 30.3 Å². The number of aromatic nitrogens is 2. The van der Waals surface area contributed by atoms with Crippen LogP contribution in [-0.2, 0) is 9.53 Å². The van der Waals surface area contributed by atoms with Gasteiger partial charge >= 0.3 is 0 Å². The highest BCUT2D eigenvalue weighted by Gasteiger charge is 2.30. The average molecular weight is 379 g/mol. The molecule has 1 amide bonds. The van der Waals surface area contributed by atoms with Crippen LogP contribution in [0, 0.1) is 11.3 Å². The number of carbonyl (C=O) groups is 1. The number of rotatable bonds is 4. The topological polar surface area (TPSA) is 91.1 Å². The first-order chi connectivity index (χ1) is 13.8. The van der Waals surface area contributed by atoms with E-state index in [0.29, 0.717) is 43.3 Å². The van der Waals surface area contributed by atoms with Gasteiger partial charge in [0.25, 0.3) is 0 Å². The number of benzene rings is 1. The zero-order valence-electron chi connectivity index (χ0n) is 15.9. The van der Waals surface area contributed by atoms with Gasteiger partial charge in [0.2, 0.25) is 5.91 Å². The summed E-state index contributed by atoms with van der Waals surface area (Å²) in [6.07, 6.45) is 5.41. The van der Waals surface area contributed by atoms with Crippen LogP contribution in [0.1, 0.15) is 43.7 Å². The Hall–Kier alpha value is -2.72. The molecule has 1 aromatic heterocycles. The van der Waals surface area contributed by atoms with Crippen LogP contribution in [0.4, 0.5) is 5.82 Å². The monoisotopic (exact) mass is 379 g/mol. The highest BCUT2D eigenvalue weighted by Crippen LogP contribution is 2.28. The van der Waals surface area contributed by atoms with Gasteiger partial charge in [0, 0.05) is 19.1 Å². The van der Waals surface area contributed by atoms with Crippen LogP contribution in [0.25, 0.3) is 11.0 Å². The Bertz CT molecular complexity index is 882. The molecule has 1 N–H and O–H groups in total. The van der Waals surface area contributed by atoms with E-state index >= 15 is 0 Å². The number of morpholine rings is 1. The first kappa shape index (κ1) is 18.6. The van der Waals surface area contributed by atoms with Crippen molar-refractivity contribution in [3.63, 3.8) is 0 Å². The molecule has 2 fully saturated rings. The Morgan fingerprint density at radius 3 is 2.50 bits per heavy atom. The summed E-state index contributed by atoms with van der Waals surface area (Å²) in [5.41, 5.74) is 1.90. The third-order valence-electron chi connectivity index (χ3n) is 5.50. The second-order valence-electron chi connectivity index (χ2n) is 7.43. The summed E-state index contributed by atoms with van der Waals surface area (Å²) in [6, 6.07) is 9.90. The van der Waals surface area contributed by atoms with E-state index in [1.54, 1.807) is 0 Å². The van der Waals surface area contributed by atoms with Crippen LogP contribution in [0.5, 0.6) is 0 Å². The molecule has 1 saturated carbocycles. The first-order valence-electron chi connectivity index (χ1n) is 10.1. The molecule has 0 bridgehead atoms. The lowest BCUT2D eigenvalue weighted by Gasteiger charge is -2.30. The number of carbonyl (C=O) groups excluding carboxylic acids is 1. The van der Waals surface area contributed by atoms with Gasteiger partial charge in [-0.15, -0.1) is 0 Å². The Kier molecular flexibility index (Phi) is 5.68. The van der Waals surface area contributed by atoms with Crippen molar-refractivity contribution in [2.24, 2.45) is 0 Å². The Morgan fingerprint density at radius 1 is 1.14 bits per heavy atom. The molecule has 0 radical (unpaired) electrons. The SMILES string of the molecule is N#C[C@@H](C(=O)NC1CCCCC1)c1nc2ccccc2nc1N1CCOCC1. The molecule has 0 unspecified atom stereocenters. The van der Waals surface area contributed by atoms with Gasteiger partial charge in [0.1, 0.15) is 5.69 Å². The molecule has 1 aliphatic carbocycles. The maximum absolute atomic E-state index is 13.0. The van der Waals surface area contributed by atoms with Crippen LogP contribution in [-0.4, -0.2) is 48.2 Å². The Morgan fingerprint density at radius 2 is 1.82 bits per heavy atom. The lowest BCUT2D eigenvalue weighted by atomic mass is 9.94. The summed E-state index contributed by atoms with van der Waals surface area (Å²) < 4.78 is 5.45. The van der Waals surface area contributed by atoms with Gasteiger partial charge < -0.3 is 15.0 Å². The quantitative estimate of drug-likeness (QED) is 0.878. The van der Waals surface area contributed by atoms with Gasteiger partial charge in [-0.3, -0.25) is 4.79 Å². The highest BCUT2D eigenvalue weighted by atomic mass is 16.5. The molecule has 2 aliphatic rings. The van der Waals surface area contributed by atoms with Crippen LogP contribution in [0.15, 0.2) is 24.3 Å². The maximum atomic E-state index is 13.0. The molecule has 1 aliphatic heterocycles. The fraction of sp³-hybridized carbons (Fsp3) is 0.524. The van der Waals surface area contributed by atoms with Crippen molar-refractivity contribution in [3.05, 3.63) is 30.0 Å². The molecule has 28 heavy (non-hydrogen) atoms. The van der Waals surface area contributed by atoms with Crippen molar-refractivity contribution in [1.29, 1.82) is 5.26 Å². The van der Waals surface area contributed by atoms with E-state index in [1.807, 2.05) is 24.3 Å². The zero-order chi connectivity index (χ0) is 19.3. The van der Waals surface area contributed by atoms with E-state index in [-0.39, 0.29) is 11.9 Å². The van der Waals surface area contributed by atoms with Crippen molar-refractivity contribution >= 4 is 22.8 Å². The van der Waals surface area contributed by atoms with Crippen molar-refractivity contribution in [1.82, 2.24) is 15.3 Å². The predicted molar refractivity (Wildman–Crippen MR) is 106 cm³/mol. The number of anilines is 1. The summed E-state index contributed by atoms with van der Waals surface area (Å²) in [5, 5.41) is 12.9. The summed E-state index contributed by atoms with van der Waals surface area (Å²) in [5.74, 6) is -0.627. The number of nitrogens with one attached hydrogen (secondary N) is 1. The second kappa shape index (κ2) is 8.53. The van der Waals surface area contributed by atoms with Crippen LogP contribution >= 0.6 is 0 Å². The number of nitriles is 1. The van der Waals surface area contributed by atoms with Crippen molar-refractivity contribution in [2.75, 3.05) is 31.2 Å². The minimum atomic E-state index is -0.975. The van der Waals surface area contributed by atoms with Crippen molar-refractivity contribution < 1.29 is 9.53 Å². The molecule has 1 atom stereocenters. The molecule has 7 nitrogen and oxygen atoms in total. The molecule has 146 valence electrons. The smallest absolute Gasteiger partial charge is 0.243 e. The highest BCUT2D eigenvalue weighted by molar-refractivity contribution is 5.89. The fourth-order valence-corrected chi connectivity index (χ4v) is 3.98. The predicted octanol–water partition coefficient (Wildman–Crippen LogP) is 2.52. The fourth-order valence-electron chi connectivity index (χ4n) is 3.98. The third kappa shape index (κ3) is 3.92. The lowest BCUT2D eigenvalue weighted by Crippen LogP contribution is -2.41. The van der Waals surface area contributed by atoms with Gasteiger partial charge in [-0.1, -0.05) is 31.4 Å². The van der Waals surface area contributed by atoms with E-state index < -0.39 is 5.92 Å². The Balaban J connectivity index is 1.69. The summed E-state index contributed by atoms with van der Waals surface area (Å²) in [6.45, 7) is 2.53. The molecule has 0 spiro atoms. The number of para-hydroxylation sites is 2. The van der Waals surface area contributed by atoms with Crippen LogP contribution in [0.2, 0.25) is 0 Å². The largest absolute Gasteiger partial charge is 0.378 e. The minimum Gasteiger partial charge on any atom is -0.378 e. The first-order valence-corrected chi connectivity index (χ1v) is 10.1. The second-order valence-corrected chi connectivity index (χ2v) is 7.43. The van der Waals surface area contributed by atoms with Gasteiger partial charge in [-0.25, -0.2) is 9.97 Å². The molecule has 2 heterocycles. The van der Waals surface area contributed by atoms with Gasteiger partial charge in [0.15, 0.2) is 11.7 Å². The molecular weight excluding hydrogens is 354 g/mol. The number of amides is 1. The van der Waals surface area contributed by atoms with E-state index in [1.165, 1.54) is 6.42 Å². The summed E-state index contributed by atoms with van der Waals surface area (Å²) in [4.78, 5) is 24.5. The minimum absolute atomic E-state index is 0.150. The maximum Gasteiger partial charge on any atom is 0.243 e. The van der Waals surface area contributed by atoms with E-state index in [2.05, 4.69) is 16.3 Å². The number of hydrogen-bond donors (Lipinski definition) is 1. The van der Waals surface area contributed by atoms with Gasteiger partial charge in [-0.2, -0.15) is 5.26 Å². The standard InChI is InChI=1S/C21H25N5O2/c22-14-16(21(27)23-15-6-2-1-3-7-15)19-20(26-10-12-28-13-11-26)25-18-9-5-4-8-17(18)24-19/h4-5,8-9,15-16H,1-3,6-7,10-13H2,(H,23,27)/t16-/m1/s1. The summed E-state index contributed by atoms with van der Waals surface area (Å²) in [7, 11) is 0. The van der Waals surface area contributed by atoms with E-state index in [4.69, 9.17) is 14.7 Å². The molecule has 1 saturated heterocycles. The molecule has 7 heteroatoms. The number of nitrogens with zero attached hydrogens (tertiary/aromatic N) is 4. The van der Waals surface area contributed by atoms with Crippen LogP contribution < -0.4 is 10.2 Å². The van der Waals surface area contributed by atoms with E-state index in [0.717, 1.165) is 31.2 Å². The van der Waals surface area contributed by atoms with Crippen LogP contribution in [0.3, 0.4) is 0 Å². The third-order valence-corrected chi connectivity index (χ3v) is 5.50. The average Bonchev–Trinajstić information content (AvgIpc) is 2.75. The summed E-state index contributed by atoms with van der Waals surface area (Å²) >= 11 is 0. The van der Waals surface area contributed by atoms with E-state index in [9.17, 15) is 10.1 Å². The molecular formula is C21H25N5O2. The lowest BCUT2D eigenvalue weighted by molar-refractivity contribution is -0.122. The van der Waals surface area contributed by atoms with Crippen molar-refractivity contribution in [2.45, 2.75) is 44.1 Å². The number of fused-ring (bicyclic) bond motifs is 1.